The second kappa shape index (κ2) is 16.0. The summed E-state index contributed by atoms with van der Waals surface area (Å²) in [7, 11) is 3.35. The van der Waals surface area contributed by atoms with Gasteiger partial charge in [0.1, 0.15) is 42.2 Å². The van der Waals surface area contributed by atoms with Gasteiger partial charge in [0.05, 0.1) is 19.2 Å². The van der Waals surface area contributed by atoms with Gasteiger partial charge in [-0.1, -0.05) is 36.4 Å². The van der Waals surface area contributed by atoms with E-state index in [1.165, 1.54) is 16.0 Å². The number of amides is 3. The molecule has 2 aromatic carbocycles. The average Bonchev–Trinajstić information content (AvgIpc) is 3.76. The Morgan fingerprint density at radius 1 is 1.07 bits per heavy atom. The molecular formula is C39H48N4O11. The summed E-state index contributed by atoms with van der Waals surface area (Å²) in [4.78, 5) is 73.4. The number of rotatable bonds is 13. The van der Waals surface area contributed by atoms with Crippen molar-refractivity contribution >= 4 is 35.7 Å². The molecule has 2 bridgehead atoms. The lowest BCUT2D eigenvalue weighted by Gasteiger charge is -2.48. The van der Waals surface area contributed by atoms with E-state index >= 15 is 0 Å². The molecule has 7 atom stereocenters. The van der Waals surface area contributed by atoms with Crippen molar-refractivity contribution in [2.24, 2.45) is 5.41 Å². The highest BCUT2D eigenvalue weighted by atomic mass is 16.8. The molecule has 0 radical (unpaired) electrons. The van der Waals surface area contributed by atoms with Gasteiger partial charge in [-0.2, -0.15) is 5.06 Å². The van der Waals surface area contributed by atoms with Gasteiger partial charge in [-0.15, -0.1) is 0 Å². The monoisotopic (exact) mass is 748 g/mol. The molecule has 3 N–H and O–H groups in total. The lowest BCUT2D eigenvalue weighted by atomic mass is 9.62. The molecule has 6 rings (SSSR count). The molecule has 0 unspecified atom stereocenters. The van der Waals surface area contributed by atoms with E-state index in [-0.39, 0.29) is 51.7 Å². The lowest BCUT2D eigenvalue weighted by Crippen LogP contribution is -2.69. The number of nitrogens with one attached hydrogen (secondary N) is 2. The Balaban J connectivity index is 1.15. The number of nitrogens with zero attached hydrogens (tertiary/aromatic N) is 2. The SMILES string of the molecule is CN(C)C(=O)C=Cc1ccc(CN2O[C@@H]3[C@H]4OCO[C@H]4[C@H]4C[C@]3(C(=O)NCc3cccc(C(=O)N[C@H](CO)CCC(=O)OC(C)(C)C)c3)[C@@H]2C(=O)O4)cc1. The standard InChI is InChI=1S/C39H48N4O11/c1-38(2,3)53-30(46)16-14-27(21-44)41-35(47)26-8-6-7-25(17-26)19-40-37(49)39-18-28-31-32(51-22-50-31)34(39)54-43(33(39)36(48)52-28)20-24-11-9-23(10-12-24)13-15-29(45)42(4)5/h6-13,15,17,27-28,31-34,44H,14,16,18-22H2,1-5H3,(H,40,49)(H,41,47)/t27-,28+,31-,32-,33-,34+,39-/m0/s1. The highest BCUT2D eigenvalue weighted by Gasteiger charge is 2.74. The number of hydrogen-bond donors (Lipinski definition) is 3. The number of likely N-dealkylation sites (N-methyl/N-ethyl adjacent to an activating group) is 1. The number of aliphatic hydroxyl groups is 1. The van der Waals surface area contributed by atoms with Crippen molar-refractivity contribution in [2.75, 3.05) is 27.5 Å². The van der Waals surface area contributed by atoms with Crippen LogP contribution in [-0.4, -0.2) is 114 Å². The van der Waals surface area contributed by atoms with Gasteiger partial charge in [-0.05, 0) is 62.1 Å². The molecule has 2 aromatic rings. The third-order valence-electron chi connectivity index (χ3n) is 9.99. The van der Waals surface area contributed by atoms with Crippen molar-refractivity contribution in [1.29, 1.82) is 0 Å². The zero-order valence-corrected chi connectivity index (χ0v) is 31.1. The van der Waals surface area contributed by atoms with Crippen LogP contribution in [0.2, 0.25) is 0 Å². The van der Waals surface area contributed by atoms with Crippen LogP contribution in [0.5, 0.6) is 0 Å². The molecule has 4 fully saturated rings. The number of carbonyl (C=O) groups is 5. The van der Waals surface area contributed by atoms with Gasteiger partial charge in [0.25, 0.3) is 5.91 Å². The fourth-order valence-corrected chi connectivity index (χ4v) is 7.40. The minimum absolute atomic E-state index is 0.0239. The van der Waals surface area contributed by atoms with Crippen LogP contribution in [0.3, 0.4) is 0 Å². The minimum Gasteiger partial charge on any atom is -0.460 e. The zero-order valence-electron chi connectivity index (χ0n) is 31.1. The first-order chi connectivity index (χ1) is 25.7. The zero-order chi connectivity index (χ0) is 38.8. The highest BCUT2D eigenvalue weighted by molar-refractivity contribution is 5.95. The summed E-state index contributed by atoms with van der Waals surface area (Å²) in [6.07, 6.45) is 0.795. The molecule has 4 aliphatic rings. The number of esters is 2. The Labute approximate surface area is 313 Å². The maximum Gasteiger partial charge on any atom is 0.327 e. The van der Waals surface area contributed by atoms with Gasteiger partial charge < -0.3 is 39.6 Å². The number of carbonyl (C=O) groups excluding carboxylic acids is 5. The molecule has 15 heteroatoms. The van der Waals surface area contributed by atoms with E-state index in [0.29, 0.717) is 11.1 Å². The molecule has 15 nitrogen and oxygen atoms in total. The summed E-state index contributed by atoms with van der Waals surface area (Å²) in [5.41, 5.74) is 0.540. The summed E-state index contributed by atoms with van der Waals surface area (Å²) in [5, 5.41) is 17.1. The number of benzene rings is 2. The Morgan fingerprint density at radius 2 is 1.81 bits per heavy atom. The molecular weight excluding hydrogens is 700 g/mol. The van der Waals surface area contributed by atoms with Gasteiger partial charge in [-0.3, -0.25) is 28.8 Å². The van der Waals surface area contributed by atoms with Crippen LogP contribution in [0.1, 0.15) is 67.1 Å². The van der Waals surface area contributed by atoms with Crippen molar-refractivity contribution in [3.63, 3.8) is 0 Å². The molecule has 0 spiro atoms. The molecule has 3 aliphatic heterocycles. The van der Waals surface area contributed by atoms with E-state index in [0.717, 1.165) is 11.1 Å². The highest BCUT2D eigenvalue weighted by Crippen LogP contribution is 2.55. The normalized spacial score (nSPS) is 26.5. The van der Waals surface area contributed by atoms with Crippen LogP contribution in [0.25, 0.3) is 6.08 Å². The van der Waals surface area contributed by atoms with Crippen LogP contribution < -0.4 is 10.6 Å². The first-order valence-corrected chi connectivity index (χ1v) is 18.0. The van der Waals surface area contributed by atoms with Crippen LogP contribution in [0.4, 0.5) is 0 Å². The van der Waals surface area contributed by atoms with Crippen LogP contribution in [-0.2, 0) is 56.1 Å². The van der Waals surface area contributed by atoms with Crippen LogP contribution in [0, 0.1) is 5.41 Å². The minimum atomic E-state index is -1.36. The number of aliphatic hydroxyl groups excluding tert-OH is 1. The second-order valence-corrected chi connectivity index (χ2v) is 15.3. The maximum atomic E-state index is 14.4. The first-order valence-electron chi connectivity index (χ1n) is 18.0. The predicted octanol–water partition coefficient (Wildman–Crippen LogP) is 1.86. The number of ether oxygens (including phenoxy) is 4. The predicted molar refractivity (Wildman–Crippen MR) is 192 cm³/mol. The van der Waals surface area contributed by atoms with Crippen molar-refractivity contribution in [3.8, 4) is 0 Å². The van der Waals surface area contributed by atoms with Crippen molar-refractivity contribution in [1.82, 2.24) is 20.6 Å². The number of fused-ring (bicyclic) bond motifs is 4. The van der Waals surface area contributed by atoms with Crippen LogP contribution in [0.15, 0.2) is 54.6 Å². The Kier molecular flexibility index (Phi) is 11.5. The van der Waals surface area contributed by atoms with Crippen LogP contribution >= 0.6 is 0 Å². The fraction of sp³-hybridized carbons (Fsp3) is 0.513. The fourth-order valence-electron chi connectivity index (χ4n) is 7.40. The van der Waals surface area contributed by atoms with E-state index in [9.17, 15) is 29.1 Å². The topological polar surface area (TPSA) is 182 Å². The summed E-state index contributed by atoms with van der Waals surface area (Å²) >= 11 is 0. The molecule has 3 amide bonds. The molecule has 1 saturated carbocycles. The van der Waals surface area contributed by atoms with E-state index in [2.05, 4.69) is 10.6 Å². The Bertz CT molecular complexity index is 1770. The summed E-state index contributed by atoms with van der Waals surface area (Å²) in [6.45, 7) is 5.11. The Hall–Kier alpha value is -4.67. The molecule has 54 heavy (non-hydrogen) atoms. The average molecular weight is 749 g/mol. The van der Waals surface area contributed by atoms with Gasteiger partial charge in [0, 0.05) is 45.1 Å². The molecule has 0 aromatic heterocycles. The van der Waals surface area contributed by atoms with Gasteiger partial charge in [0.2, 0.25) is 11.8 Å². The van der Waals surface area contributed by atoms with E-state index < -0.39 is 71.3 Å². The number of hydroxylamine groups is 2. The molecule has 1 aliphatic carbocycles. The third kappa shape index (κ3) is 8.35. The summed E-state index contributed by atoms with van der Waals surface area (Å²) < 4.78 is 22.9. The summed E-state index contributed by atoms with van der Waals surface area (Å²) in [5.74, 6) is -2.03. The van der Waals surface area contributed by atoms with Crippen molar-refractivity contribution in [2.45, 2.75) is 95.2 Å². The van der Waals surface area contributed by atoms with E-state index in [1.807, 2.05) is 24.3 Å². The first kappa shape index (κ1) is 39.0. The van der Waals surface area contributed by atoms with E-state index in [4.69, 9.17) is 23.8 Å². The van der Waals surface area contributed by atoms with Gasteiger partial charge >= 0.3 is 11.9 Å². The van der Waals surface area contributed by atoms with Crippen molar-refractivity contribution in [3.05, 3.63) is 76.9 Å². The summed E-state index contributed by atoms with van der Waals surface area (Å²) in [6, 6.07) is 12.4. The number of hydrogen-bond acceptors (Lipinski definition) is 12. The second-order valence-electron chi connectivity index (χ2n) is 15.3. The van der Waals surface area contributed by atoms with Gasteiger partial charge in [0.15, 0.2) is 6.04 Å². The van der Waals surface area contributed by atoms with Gasteiger partial charge in [-0.25, -0.2) is 0 Å². The smallest absolute Gasteiger partial charge is 0.327 e. The molecule has 3 heterocycles. The third-order valence-corrected chi connectivity index (χ3v) is 9.99. The largest absolute Gasteiger partial charge is 0.460 e. The Morgan fingerprint density at radius 3 is 2.52 bits per heavy atom. The van der Waals surface area contributed by atoms with E-state index in [1.54, 1.807) is 65.2 Å². The molecule has 3 saturated heterocycles. The molecule has 290 valence electrons. The lowest BCUT2D eigenvalue weighted by molar-refractivity contribution is -0.201. The van der Waals surface area contributed by atoms with Crippen molar-refractivity contribution < 1.29 is 52.9 Å². The maximum absolute atomic E-state index is 14.4. The quantitative estimate of drug-likeness (QED) is 0.200.